The summed E-state index contributed by atoms with van der Waals surface area (Å²) in [4.78, 5) is 20.0. The number of carbonyl (C=O) groups is 2. The van der Waals surface area contributed by atoms with Gasteiger partial charge in [-0.05, 0) is 0 Å². The first-order valence-corrected chi connectivity index (χ1v) is 9.57. The van der Waals surface area contributed by atoms with Crippen molar-refractivity contribution in [2.45, 2.75) is 10.5 Å². The van der Waals surface area contributed by atoms with E-state index in [1.165, 1.54) is 0 Å². The van der Waals surface area contributed by atoms with Crippen molar-refractivity contribution < 1.29 is 24.3 Å². The predicted octanol–water partition coefficient (Wildman–Crippen LogP) is 0.248. The van der Waals surface area contributed by atoms with Gasteiger partial charge in [-0.2, -0.15) is 0 Å². The van der Waals surface area contributed by atoms with E-state index in [0.717, 1.165) is 0 Å². The van der Waals surface area contributed by atoms with Crippen molar-refractivity contribution in [2.75, 3.05) is 0 Å². The summed E-state index contributed by atoms with van der Waals surface area (Å²) < 4.78 is 4.87. The zero-order valence-electron chi connectivity index (χ0n) is 5.85. The summed E-state index contributed by atoms with van der Waals surface area (Å²) in [6, 6.07) is 0. The molecule has 0 heterocycles. The van der Waals surface area contributed by atoms with Gasteiger partial charge in [0.1, 0.15) is 0 Å². The first-order valence-electron chi connectivity index (χ1n) is 2.74. The number of nitrogens with one attached hydrogen (secondary N) is 2. The van der Waals surface area contributed by atoms with Gasteiger partial charge in [0, 0.05) is 0 Å². The van der Waals surface area contributed by atoms with Crippen LogP contribution in [-0.4, -0.2) is 12.8 Å². The van der Waals surface area contributed by atoms with Crippen molar-refractivity contribution in [3.05, 3.63) is 0 Å². The third-order valence-corrected chi connectivity index (χ3v) is 4.81. The average Bonchev–Trinajstić information content (AvgIpc) is 1.61. The van der Waals surface area contributed by atoms with Gasteiger partial charge in [-0.3, -0.25) is 0 Å². The summed E-state index contributed by atoms with van der Waals surface area (Å²) in [7, 11) is 5.90. The molecule has 0 rings (SSSR count). The van der Waals surface area contributed by atoms with Crippen LogP contribution in [-0.2, 0) is 24.3 Å². The van der Waals surface area contributed by atoms with Gasteiger partial charge in [0.2, 0.25) is 0 Å². The van der Waals surface area contributed by atoms with Crippen LogP contribution in [0.5, 0.6) is 0 Å². The molecule has 4 nitrogen and oxygen atoms in total. The Kier molecular flexibility index (Phi) is 2.89. The second kappa shape index (κ2) is 2.90. The molecule has 0 aromatic rings. The third-order valence-electron chi connectivity index (χ3n) is 0.949. The molecule has 59 valence electrons. The van der Waals surface area contributed by atoms with Crippen LogP contribution < -0.4 is 7.60 Å². The molecule has 0 radical (unpaired) electrons. The maximum atomic E-state index is 10.00. The molecule has 0 saturated heterocycles. The second-order valence-electron chi connectivity index (χ2n) is 2.72. The van der Waals surface area contributed by atoms with Crippen molar-refractivity contribution >= 4 is 22.1 Å². The summed E-state index contributed by atoms with van der Waals surface area (Å²) in [6.07, 6.45) is 1.00. The van der Waals surface area contributed by atoms with Crippen LogP contribution in [0.4, 0.5) is 0 Å². The minimum absolute atomic E-state index is 0.501. The quantitative estimate of drug-likeness (QED) is 0.506. The predicted molar refractivity (Wildman–Crippen MR) is 36.0 cm³/mol. The van der Waals surface area contributed by atoms with Crippen LogP contribution in [0.25, 0.3) is 0 Å². The Balaban J connectivity index is 4.23. The molecule has 0 unspecified atom stereocenters. The average molecular weight is 201 g/mol. The van der Waals surface area contributed by atoms with Gasteiger partial charge >= 0.3 is 64.5 Å². The van der Waals surface area contributed by atoms with Crippen molar-refractivity contribution in [1.82, 2.24) is 7.60 Å². The minimum atomic E-state index is -3.56. The van der Waals surface area contributed by atoms with Gasteiger partial charge in [-0.15, -0.1) is 0 Å². The number of hydrogen-bond donors (Lipinski definition) is 2. The molecule has 0 aliphatic rings. The Morgan fingerprint density at radius 1 is 1.20 bits per heavy atom. The SMILES string of the molecule is [CH3][Ti]([CH3])([Cl])([NH]C=O)[NH]C=O. The summed E-state index contributed by atoms with van der Waals surface area (Å²) in [5, 5.41) is 3.31. The van der Waals surface area contributed by atoms with Crippen molar-refractivity contribution in [3.8, 4) is 0 Å². The molecule has 0 atom stereocenters. The second-order valence-corrected chi connectivity index (χ2v) is 15.1. The van der Waals surface area contributed by atoms with Crippen LogP contribution >= 0.6 is 9.30 Å². The molecule has 0 aromatic heterocycles. The first kappa shape index (κ1) is 9.94. The van der Waals surface area contributed by atoms with E-state index in [4.69, 9.17) is 9.30 Å². The number of carbonyl (C=O) groups excluding carboxylic acids is 2. The van der Waals surface area contributed by atoms with Gasteiger partial charge in [-0.25, -0.2) is 0 Å². The van der Waals surface area contributed by atoms with E-state index in [2.05, 4.69) is 7.60 Å². The molecule has 2 amide bonds. The number of rotatable bonds is 4. The Morgan fingerprint density at radius 3 is 1.70 bits per heavy atom. The molecule has 0 aliphatic carbocycles. The summed E-state index contributed by atoms with van der Waals surface area (Å²) in [6.45, 7) is 0. The van der Waals surface area contributed by atoms with Gasteiger partial charge in [0.05, 0.1) is 0 Å². The van der Waals surface area contributed by atoms with Gasteiger partial charge in [0.15, 0.2) is 0 Å². The Bertz CT molecular complexity index is 139. The Morgan fingerprint density at radius 2 is 1.50 bits per heavy atom. The topological polar surface area (TPSA) is 58.2 Å². The fourth-order valence-electron chi connectivity index (χ4n) is 0.381. The van der Waals surface area contributed by atoms with E-state index >= 15 is 0 Å². The molecular formula is C4H10ClN2O2Ti. The van der Waals surface area contributed by atoms with E-state index in [0.29, 0.717) is 12.8 Å². The van der Waals surface area contributed by atoms with Gasteiger partial charge < -0.3 is 0 Å². The monoisotopic (exact) mass is 201 g/mol. The molecule has 10 heavy (non-hydrogen) atoms. The molecule has 0 fully saturated rings. The molecule has 2 N–H and O–H groups in total. The maximum absolute atomic E-state index is 10.00. The summed E-state index contributed by atoms with van der Waals surface area (Å²) in [5.74, 6) is 0. The first-order chi connectivity index (χ1) is 4.39. The van der Waals surface area contributed by atoms with Gasteiger partial charge in [0.25, 0.3) is 0 Å². The van der Waals surface area contributed by atoms with E-state index in [1.54, 1.807) is 10.5 Å². The summed E-state index contributed by atoms with van der Waals surface area (Å²) >= 11 is -3.56. The van der Waals surface area contributed by atoms with Crippen molar-refractivity contribution in [1.29, 1.82) is 0 Å². The van der Waals surface area contributed by atoms with Crippen LogP contribution in [0.15, 0.2) is 0 Å². The van der Waals surface area contributed by atoms with Crippen molar-refractivity contribution in [2.24, 2.45) is 0 Å². The molecule has 6 heteroatoms. The van der Waals surface area contributed by atoms with Crippen LogP contribution in [0.3, 0.4) is 0 Å². The van der Waals surface area contributed by atoms with Crippen LogP contribution in [0, 0.1) is 0 Å². The molecule has 0 aliphatic heterocycles. The van der Waals surface area contributed by atoms with Crippen LogP contribution in [0.2, 0.25) is 10.5 Å². The molecule has 0 aromatic carbocycles. The molecule has 0 spiro atoms. The van der Waals surface area contributed by atoms with E-state index in [-0.39, 0.29) is 0 Å². The third kappa shape index (κ3) is 3.87. The Labute approximate surface area is 64.7 Å². The summed E-state index contributed by atoms with van der Waals surface area (Å²) in [5.41, 5.74) is 0. The molecular weight excluding hydrogens is 191 g/mol. The van der Waals surface area contributed by atoms with Crippen molar-refractivity contribution in [3.63, 3.8) is 0 Å². The molecule has 0 bridgehead atoms. The normalized spacial score (nSPS) is 14.5. The number of hydrogen-bond acceptors (Lipinski definition) is 2. The fourth-order valence-corrected chi connectivity index (χ4v) is 1.94. The molecule has 0 saturated carbocycles. The zero-order valence-corrected chi connectivity index (χ0v) is 8.17. The number of amides is 2. The zero-order chi connectivity index (χ0) is 8.28. The Hall–Kier alpha value is -0.0557. The van der Waals surface area contributed by atoms with E-state index in [1.807, 2.05) is 0 Å². The van der Waals surface area contributed by atoms with E-state index in [9.17, 15) is 9.59 Å². The van der Waals surface area contributed by atoms with E-state index < -0.39 is 14.8 Å². The van der Waals surface area contributed by atoms with Crippen LogP contribution in [0.1, 0.15) is 0 Å². The standard InChI is InChI=1S/2CH3NO.2CH3.ClH.Ti/c2*2-1-3;;;;/h2*1H,(H2,2,3);2*1H3;1H;/q;;;;;+3/p-3. The van der Waals surface area contributed by atoms with Gasteiger partial charge in [-0.1, -0.05) is 0 Å². The fraction of sp³-hybridized carbons (Fsp3) is 0.500. The number of halogens is 1.